The molecular weight excluding hydrogens is 428 g/mol. The molecule has 0 N–H and O–H groups in total. The van der Waals surface area contributed by atoms with Crippen LogP contribution in [0.15, 0.2) is 53.0 Å². The molecule has 164 valence electrons. The van der Waals surface area contributed by atoms with Gasteiger partial charge in [-0.25, -0.2) is 0 Å². The standard InChI is InChI=1S/C23H28N4O2S2/c1-17-14-26(15-18(2)29-17)22(28)16-31-23-25-24-21(13-20-9-6-12-30-20)27(23)11-10-19-7-4-3-5-8-19/h3-9,12,17-18H,10-11,13-16H2,1-2H3/t17-,18-/m1/s1. The first-order chi connectivity index (χ1) is 15.1. The number of hydrogen-bond acceptors (Lipinski definition) is 6. The molecule has 2 atom stereocenters. The predicted molar refractivity (Wildman–Crippen MR) is 125 cm³/mol. The van der Waals surface area contributed by atoms with Crippen molar-refractivity contribution >= 4 is 29.0 Å². The summed E-state index contributed by atoms with van der Waals surface area (Å²) >= 11 is 3.21. The number of rotatable bonds is 8. The summed E-state index contributed by atoms with van der Waals surface area (Å²) in [6, 6.07) is 14.6. The van der Waals surface area contributed by atoms with E-state index in [1.165, 1.54) is 22.2 Å². The van der Waals surface area contributed by atoms with Crippen molar-refractivity contribution in [1.29, 1.82) is 0 Å². The molecule has 1 aliphatic heterocycles. The Kier molecular flexibility index (Phi) is 7.42. The minimum absolute atomic E-state index is 0.0737. The van der Waals surface area contributed by atoms with Crippen LogP contribution in [0.4, 0.5) is 0 Å². The lowest BCUT2D eigenvalue weighted by Gasteiger charge is -2.35. The average molecular weight is 457 g/mol. The molecule has 6 nitrogen and oxygen atoms in total. The monoisotopic (exact) mass is 456 g/mol. The molecule has 1 fully saturated rings. The molecule has 0 bridgehead atoms. The number of carbonyl (C=O) groups is 1. The lowest BCUT2D eigenvalue weighted by Crippen LogP contribution is -2.48. The first-order valence-electron chi connectivity index (χ1n) is 10.6. The molecule has 8 heteroatoms. The van der Waals surface area contributed by atoms with Crippen molar-refractivity contribution in [2.24, 2.45) is 0 Å². The molecule has 0 radical (unpaired) electrons. The Balaban J connectivity index is 1.45. The zero-order chi connectivity index (χ0) is 21.6. The highest BCUT2D eigenvalue weighted by Crippen LogP contribution is 2.22. The number of hydrogen-bond donors (Lipinski definition) is 0. The maximum absolute atomic E-state index is 12.8. The third kappa shape index (κ3) is 5.96. The highest BCUT2D eigenvalue weighted by atomic mass is 32.2. The first kappa shape index (κ1) is 22.0. The summed E-state index contributed by atoms with van der Waals surface area (Å²) < 4.78 is 7.93. The van der Waals surface area contributed by atoms with Gasteiger partial charge in [-0.2, -0.15) is 0 Å². The normalized spacial score (nSPS) is 19.0. The van der Waals surface area contributed by atoms with Gasteiger partial charge in [-0.15, -0.1) is 21.5 Å². The van der Waals surface area contributed by atoms with Crippen LogP contribution in [0.25, 0.3) is 0 Å². The Morgan fingerprint density at radius 2 is 1.90 bits per heavy atom. The number of nitrogens with zero attached hydrogens (tertiary/aromatic N) is 4. The van der Waals surface area contributed by atoms with E-state index in [1.807, 2.05) is 24.8 Å². The first-order valence-corrected chi connectivity index (χ1v) is 12.5. The van der Waals surface area contributed by atoms with E-state index in [9.17, 15) is 4.79 Å². The van der Waals surface area contributed by atoms with E-state index in [2.05, 4.69) is 56.5 Å². The van der Waals surface area contributed by atoms with Crippen LogP contribution in [0.2, 0.25) is 0 Å². The highest BCUT2D eigenvalue weighted by molar-refractivity contribution is 7.99. The van der Waals surface area contributed by atoms with Crippen molar-refractivity contribution in [3.05, 3.63) is 64.1 Å². The van der Waals surface area contributed by atoms with Crippen molar-refractivity contribution < 1.29 is 9.53 Å². The molecule has 0 spiro atoms. The fraction of sp³-hybridized carbons (Fsp3) is 0.435. The van der Waals surface area contributed by atoms with Gasteiger partial charge in [0.2, 0.25) is 5.91 Å². The zero-order valence-electron chi connectivity index (χ0n) is 17.9. The third-order valence-corrected chi connectivity index (χ3v) is 7.10. The number of morpholine rings is 1. The molecule has 0 unspecified atom stereocenters. The summed E-state index contributed by atoms with van der Waals surface area (Å²) in [4.78, 5) is 16.0. The topological polar surface area (TPSA) is 60.2 Å². The van der Waals surface area contributed by atoms with Crippen LogP contribution in [0.1, 0.15) is 30.1 Å². The van der Waals surface area contributed by atoms with E-state index >= 15 is 0 Å². The van der Waals surface area contributed by atoms with Gasteiger partial charge >= 0.3 is 0 Å². The minimum atomic E-state index is 0.0737. The number of ether oxygens (including phenoxy) is 1. The Hall–Kier alpha value is -2.16. The lowest BCUT2D eigenvalue weighted by molar-refractivity contribution is -0.140. The van der Waals surface area contributed by atoms with Gasteiger partial charge in [-0.05, 0) is 37.3 Å². The number of aromatic nitrogens is 3. The number of benzene rings is 1. The quantitative estimate of drug-likeness (QED) is 0.481. The number of thiophene rings is 1. The second kappa shape index (κ2) is 10.4. The molecule has 1 aliphatic rings. The Morgan fingerprint density at radius 3 is 2.61 bits per heavy atom. The van der Waals surface area contributed by atoms with E-state index in [0.717, 1.165) is 30.4 Å². The fourth-order valence-electron chi connectivity index (χ4n) is 3.83. The van der Waals surface area contributed by atoms with Crippen LogP contribution >= 0.6 is 23.1 Å². The van der Waals surface area contributed by atoms with Gasteiger partial charge < -0.3 is 14.2 Å². The largest absolute Gasteiger partial charge is 0.372 e. The summed E-state index contributed by atoms with van der Waals surface area (Å²) in [5, 5.41) is 11.8. The van der Waals surface area contributed by atoms with Crippen LogP contribution in [-0.2, 0) is 28.9 Å². The Labute approximate surface area is 191 Å². The van der Waals surface area contributed by atoms with E-state index in [0.29, 0.717) is 18.8 Å². The van der Waals surface area contributed by atoms with Gasteiger partial charge in [0.25, 0.3) is 0 Å². The fourth-order valence-corrected chi connectivity index (χ4v) is 5.42. The molecule has 1 saturated heterocycles. The average Bonchev–Trinajstić information content (AvgIpc) is 3.41. The SMILES string of the molecule is C[C@@H]1CN(C(=O)CSc2nnc(Cc3cccs3)n2CCc2ccccc2)C[C@@H](C)O1. The van der Waals surface area contributed by atoms with Crippen molar-refractivity contribution in [3.63, 3.8) is 0 Å². The second-order valence-electron chi connectivity index (χ2n) is 7.89. The minimum Gasteiger partial charge on any atom is -0.372 e. The van der Waals surface area contributed by atoms with Crippen molar-refractivity contribution in [3.8, 4) is 0 Å². The summed E-state index contributed by atoms with van der Waals surface area (Å²) in [6.45, 7) is 6.11. The smallest absolute Gasteiger partial charge is 0.233 e. The molecule has 3 heterocycles. The summed E-state index contributed by atoms with van der Waals surface area (Å²) in [5.74, 6) is 1.44. The maximum atomic E-state index is 12.8. The van der Waals surface area contributed by atoms with Gasteiger partial charge in [-0.1, -0.05) is 48.2 Å². The molecule has 0 saturated carbocycles. The van der Waals surface area contributed by atoms with E-state index in [-0.39, 0.29) is 18.1 Å². The van der Waals surface area contributed by atoms with Crippen molar-refractivity contribution in [2.45, 2.75) is 50.6 Å². The Bertz CT molecular complexity index is 965. The number of amides is 1. The molecule has 3 aromatic rings. The van der Waals surface area contributed by atoms with E-state index < -0.39 is 0 Å². The lowest BCUT2D eigenvalue weighted by atomic mass is 10.1. The summed E-state index contributed by atoms with van der Waals surface area (Å²) in [7, 11) is 0. The molecule has 0 aliphatic carbocycles. The molecule has 2 aromatic heterocycles. The summed E-state index contributed by atoms with van der Waals surface area (Å²) in [5.41, 5.74) is 1.28. The van der Waals surface area contributed by atoms with Crippen LogP contribution in [0.3, 0.4) is 0 Å². The highest BCUT2D eigenvalue weighted by Gasteiger charge is 2.26. The molecule has 1 aromatic carbocycles. The molecule has 4 rings (SSSR count). The Morgan fingerprint density at radius 1 is 1.13 bits per heavy atom. The van der Waals surface area contributed by atoms with Crippen molar-refractivity contribution in [1.82, 2.24) is 19.7 Å². The van der Waals surface area contributed by atoms with Gasteiger partial charge in [-0.3, -0.25) is 4.79 Å². The summed E-state index contributed by atoms with van der Waals surface area (Å²) in [6.07, 6.45) is 1.80. The van der Waals surface area contributed by atoms with Crippen LogP contribution in [-0.4, -0.2) is 56.6 Å². The van der Waals surface area contributed by atoms with Crippen molar-refractivity contribution in [2.75, 3.05) is 18.8 Å². The predicted octanol–water partition coefficient (Wildman–Crippen LogP) is 3.90. The van der Waals surface area contributed by atoms with Crippen LogP contribution < -0.4 is 0 Å². The third-order valence-electron chi connectivity index (χ3n) is 5.27. The number of thioether (sulfide) groups is 1. The molecule has 1 amide bonds. The maximum Gasteiger partial charge on any atom is 0.233 e. The second-order valence-corrected chi connectivity index (χ2v) is 9.86. The van der Waals surface area contributed by atoms with Gasteiger partial charge in [0.05, 0.1) is 18.0 Å². The van der Waals surface area contributed by atoms with Gasteiger partial charge in [0.15, 0.2) is 5.16 Å². The van der Waals surface area contributed by atoms with Gasteiger partial charge in [0.1, 0.15) is 5.82 Å². The molecular formula is C23H28N4O2S2. The number of carbonyl (C=O) groups excluding carboxylic acids is 1. The van der Waals surface area contributed by atoms with Gasteiger partial charge in [0, 0.05) is 30.9 Å². The van der Waals surface area contributed by atoms with E-state index in [1.54, 1.807) is 11.3 Å². The van der Waals surface area contributed by atoms with Crippen LogP contribution in [0.5, 0.6) is 0 Å². The van der Waals surface area contributed by atoms with Crippen LogP contribution in [0, 0.1) is 0 Å². The van der Waals surface area contributed by atoms with E-state index in [4.69, 9.17) is 4.74 Å². The molecule has 31 heavy (non-hydrogen) atoms. The zero-order valence-corrected chi connectivity index (χ0v) is 19.6. The number of aryl methyl sites for hydroxylation is 1.